The van der Waals surface area contributed by atoms with E-state index in [2.05, 4.69) is 62.2 Å². The van der Waals surface area contributed by atoms with Crippen LogP contribution in [0.5, 0.6) is 5.75 Å². The lowest BCUT2D eigenvalue weighted by Gasteiger charge is -2.24. The van der Waals surface area contributed by atoms with Crippen molar-refractivity contribution in [1.82, 2.24) is 35.0 Å². The molecule has 4 aromatic heterocycles. The number of aromatic amines is 2. The number of carbonyl (C=O) groups is 1. The van der Waals surface area contributed by atoms with Gasteiger partial charge in [0, 0.05) is 61.3 Å². The Bertz CT molecular complexity index is 2040. The van der Waals surface area contributed by atoms with Crippen LogP contribution in [0.1, 0.15) is 26.3 Å². The van der Waals surface area contributed by atoms with Gasteiger partial charge in [-0.15, -0.1) is 0 Å². The number of para-hydroxylation sites is 1. The molecule has 12 heteroatoms. The van der Waals surface area contributed by atoms with Crippen molar-refractivity contribution in [3.05, 3.63) is 85.1 Å². The number of hydrogen-bond acceptors (Lipinski definition) is 7. The number of carbonyl (C=O) groups excluding carboxylic acids is 1. The first-order valence-electron chi connectivity index (χ1n) is 16.6. The summed E-state index contributed by atoms with van der Waals surface area (Å²) in [4.78, 5) is 25.2. The Labute approximate surface area is 287 Å². The average Bonchev–Trinajstić information content (AvgIpc) is 3.79. The summed E-state index contributed by atoms with van der Waals surface area (Å²) in [7, 11) is -1.18. The normalized spacial score (nSPS) is 12.8. The van der Waals surface area contributed by atoms with Crippen LogP contribution in [0.3, 0.4) is 0 Å². The summed E-state index contributed by atoms with van der Waals surface area (Å²) < 4.78 is 19.8. The van der Waals surface area contributed by atoms with Gasteiger partial charge in [0.25, 0.3) is 0 Å². The molecule has 0 aliphatic rings. The number of aromatic nitrogens is 6. The number of imidazole rings is 1. The van der Waals surface area contributed by atoms with E-state index >= 15 is 0 Å². The van der Waals surface area contributed by atoms with Crippen molar-refractivity contribution in [1.29, 1.82) is 0 Å². The number of amides is 1. The summed E-state index contributed by atoms with van der Waals surface area (Å²) in [6.45, 7) is 13.9. The number of alkyl carbamates (subject to hydrolysis) is 1. The molecule has 0 saturated heterocycles. The van der Waals surface area contributed by atoms with Crippen LogP contribution in [0.4, 0.5) is 4.79 Å². The van der Waals surface area contributed by atoms with Gasteiger partial charge in [-0.2, -0.15) is 5.10 Å². The number of hydrogen-bond donors (Lipinski definition) is 3. The van der Waals surface area contributed by atoms with Gasteiger partial charge in [0.2, 0.25) is 0 Å². The molecule has 6 aromatic rings. The monoisotopic (exact) mass is 679 g/mol. The van der Waals surface area contributed by atoms with Gasteiger partial charge in [0.1, 0.15) is 30.4 Å². The summed E-state index contributed by atoms with van der Waals surface area (Å²) in [6, 6.07) is 16.9. The number of fused-ring (bicyclic) bond motifs is 2. The Morgan fingerprint density at radius 1 is 1.02 bits per heavy atom. The smallest absolute Gasteiger partial charge is 0.408 e. The first-order chi connectivity index (χ1) is 23.4. The van der Waals surface area contributed by atoms with Gasteiger partial charge in [-0.3, -0.25) is 10.1 Å². The zero-order valence-corrected chi connectivity index (χ0v) is 30.0. The van der Waals surface area contributed by atoms with Crippen molar-refractivity contribution in [2.45, 2.75) is 71.3 Å². The standard InChI is InChI=1S/C37H45N7O4Si/c1-37(2,3)48-36(45)41-28(17-27-21-40-32-10-8-7-9-30(27)32)23-47-29-18-26(20-38-22-29)25-11-12-33-31(19-25)34(43-42-33)35-39-13-14-44(35)24-46-15-16-49(4,5)6/h7-14,18-22,28,40H,15-17,23-24H2,1-6H3,(H,41,45)(H,42,43). The largest absolute Gasteiger partial charge is 0.490 e. The van der Waals surface area contributed by atoms with Crippen LogP contribution in [-0.4, -0.2) is 68.7 Å². The Kier molecular flexibility index (Phi) is 9.88. The molecule has 3 N–H and O–H groups in total. The van der Waals surface area contributed by atoms with Gasteiger partial charge < -0.3 is 29.1 Å². The fourth-order valence-corrected chi connectivity index (χ4v) is 6.34. The minimum absolute atomic E-state index is 0.220. The van der Waals surface area contributed by atoms with E-state index in [1.807, 2.05) is 80.3 Å². The molecule has 1 amide bonds. The molecule has 0 spiro atoms. The molecule has 0 aliphatic heterocycles. The number of pyridine rings is 1. The van der Waals surface area contributed by atoms with Crippen molar-refractivity contribution in [2.24, 2.45) is 0 Å². The zero-order valence-electron chi connectivity index (χ0n) is 29.0. The first kappa shape index (κ1) is 33.9. The van der Waals surface area contributed by atoms with Crippen LogP contribution >= 0.6 is 0 Å². The van der Waals surface area contributed by atoms with Crippen LogP contribution in [0.2, 0.25) is 25.7 Å². The number of ether oxygens (including phenoxy) is 3. The van der Waals surface area contributed by atoms with Gasteiger partial charge in [-0.05, 0) is 68.6 Å². The molecule has 0 fully saturated rings. The maximum atomic E-state index is 12.8. The van der Waals surface area contributed by atoms with Gasteiger partial charge in [-0.25, -0.2) is 9.78 Å². The van der Waals surface area contributed by atoms with E-state index in [1.54, 1.807) is 12.4 Å². The number of H-pyrrole nitrogens is 2. The molecule has 4 heterocycles. The predicted octanol–water partition coefficient (Wildman–Crippen LogP) is 7.80. The van der Waals surface area contributed by atoms with Crippen LogP contribution in [0, 0.1) is 0 Å². The van der Waals surface area contributed by atoms with E-state index in [0.29, 0.717) is 18.9 Å². The Morgan fingerprint density at radius 3 is 2.67 bits per heavy atom. The zero-order chi connectivity index (χ0) is 34.6. The quantitative estimate of drug-likeness (QED) is 0.0838. The molecule has 1 unspecified atom stereocenters. The molecule has 11 nitrogen and oxygen atoms in total. The average molecular weight is 680 g/mol. The minimum atomic E-state index is -1.18. The molecular weight excluding hydrogens is 635 g/mol. The maximum Gasteiger partial charge on any atom is 0.408 e. The summed E-state index contributed by atoms with van der Waals surface area (Å²) in [6.07, 6.45) is 9.22. The number of rotatable bonds is 13. The molecule has 0 radical (unpaired) electrons. The molecule has 0 bridgehead atoms. The van der Waals surface area contributed by atoms with Crippen LogP contribution in [0.25, 0.3) is 44.5 Å². The van der Waals surface area contributed by atoms with Crippen molar-refractivity contribution in [2.75, 3.05) is 13.2 Å². The number of benzene rings is 2. The Hall–Kier alpha value is -4.94. The Balaban J connectivity index is 1.19. The van der Waals surface area contributed by atoms with E-state index < -0.39 is 19.8 Å². The highest BCUT2D eigenvalue weighted by Gasteiger charge is 2.22. The van der Waals surface area contributed by atoms with Gasteiger partial charge in [0.05, 0.1) is 17.8 Å². The second-order valence-corrected chi connectivity index (χ2v) is 20.1. The van der Waals surface area contributed by atoms with E-state index in [-0.39, 0.29) is 12.6 Å². The lowest BCUT2D eigenvalue weighted by molar-refractivity contribution is 0.0487. The second kappa shape index (κ2) is 14.3. The van der Waals surface area contributed by atoms with Crippen LogP contribution in [-0.2, 0) is 22.6 Å². The SMILES string of the molecule is CC(C)(C)OC(=O)NC(COc1cncc(-c2ccc3[nH]nc(-c4nccn4COCC[Si](C)(C)C)c3c2)c1)Cc1c[nH]c2ccccc12. The van der Waals surface area contributed by atoms with Gasteiger partial charge >= 0.3 is 6.09 Å². The van der Waals surface area contributed by atoms with Crippen molar-refractivity contribution >= 4 is 36.0 Å². The number of nitrogens with one attached hydrogen (secondary N) is 3. The molecule has 0 saturated carbocycles. The first-order valence-corrected chi connectivity index (χ1v) is 20.3. The van der Waals surface area contributed by atoms with Crippen molar-refractivity contribution < 1.29 is 19.0 Å². The summed E-state index contributed by atoms with van der Waals surface area (Å²) >= 11 is 0. The highest BCUT2D eigenvalue weighted by Crippen LogP contribution is 2.31. The van der Waals surface area contributed by atoms with Gasteiger partial charge in [-0.1, -0.05) is 43.9 Å². The third kappa shape index (κ3) is 8.75. The fourth-order valence-electron chi connectivity index (χ4n) is 5.58. The Morgan fingerprint density at radius 2 is 1.86 bits per heavy atom. The van der Waals surface area contributed by atoms with E-state index in [9.17, 15) is 4.79 Å². The molecular formula is C37H45N7O4Si. The third-order valence-electron chi connectivity index (χ3n) is 8.08. The molecule has 2 aromatic carbocycles. The fraction of sp³-hybridized carbons (Fsp3) is 0.351. The highest BCUT2D eigenvalue weighted by molar-refractivity contribution is 6.76. The summed E-state index contributed by atoms with van der Waals surface area (Å²) in [5, 5.41) is 12.8. The molecule has 0 aliphatic carbocycles. The summed E-state index contributed by atoms with van der Waals surface area (Å²) in [5.74, 6) is 1.33. The van der Waals surface area contributed by atoms with Crippen molar-refractivity contribution in [3.8, 4) is 28.4 Å². The molecule has 1 atom stereocenters. The lowest BCUT2D eigenvalue weighted by Crippen LogP contribution is -2.43. The predicted molar refractivity (Wildman–Crippen MR) is 195 cm³/mol. The topological polar surface area (TPSA) is 132 Å². The minimum Gasteiger partial charge on any atom is -0.490 e. The van der Waals surface area contributed by atoms with E-state index in [1.165, 1.54) is 0 Å². The van der Waals surface area contributed by atoms with E-state index in [0.717, 1.165) is 62.7 Å². The third-order valence-corrected chi connectivity index (χ3v) is 9.78. The van der Waals surface area contributed by atoms with Crippen LogP contribution in [0.15, 0.2) is 79.5 Å². The number of nitrogens with zero attached hydrogens (tertiary/aromatic N) is 4. The lowest BCUT2D eigenvalue weighted by atomic mass is 10.0. The maximum absolute atomic E-state index is 12.8. The highest BCUT2D eigenvalue weighted by atomic mass is 28.3. The molecule has 256 valence electrons. The second-order valence-electron chi connectivity index (χ2n) is 14.5. The van der Waals surface area contributed by atoms with E-state index in [4.69, 9.17) is 14.2 Å². The van der Waals surface area contributed by atoms with Gasteiger partial charge in [0.15, 0.2) is 5.82 Å². The van der Waals surface area contributed by atoms with Crippen molar-refractivity contribution in [3.63, 3.8) is 0 Å². The molecule has 49 heavy (non-hydrogen) atoms. The summed E-state index contributed by atoms with van der Waals surface area (Å²) in [5.41, 5.74) is 5.00. The molecule has 6 rings (SSSR count). The van der Waals surface area contributed by atoms with Crippen LogP contribution < -0.4 is 10.1 Å².